The van der Waals surface area contributed by atoms with Crippen molar-refractivity contribution in [1.82, 2.24) is 5.32 Å². The molecule has 1 aromatic rings. The first-order valence-electron chi connectivity index (χ1n) is 11.5. The standard InChI is InChI=1S/C25H37NSi/c1-16-12-22-17(2)21-10-7-11-26-24(21)15-23(22)25(16)27(3,4)20-13-18-8-5-6-9-19(18)14-20/h5-6,8-9,13,16-17,21-26H,7,10-12,14-15H2,1-4H3. The van der Waals surface area contributed by atoms with E-state index in [1.807, 2.05) is 5.20 Å². The lowest BCUT2D eigenvalue weighted by atomic mass is 9.64. The van der Waals surface area contributed by atoms with E-state index in [2.05, 4.69) is 62.6 Å². The Hall–Kier alpha value is -0.863. The van der Waals surface area contributed by atoms with Gasteiger partial charge in [0, 0.05) is 6.04 Å². The predicted octanol–water partition coefficient (Wildman–Crippen LogP) is 5.92. The summed E-state index contributed by atoms with van der Waals surface area (Å²) in [7, 11) is -1.46. The van der Waals surface area contributed by atoms with Gasteiger partial charge in [-0.15, -0.1) is 0 Å². The van der Waals surface area contributed by atoms with Crippen LogP contribution in [0.4, 0.5) is 0 Å². The van der Waals surface area contributed by atoms with Gasteiger partial charge in [-0.3, -0.25) is 0 Å². The van der Waals surface area contributed by atoms with Crippen molar-refractivity contribution in [3.8, 4) is 0 Å². The molecule has 1 N–H and O–H groups in total. The lowest BCUT2D eigenvalue weighted by molar-refractivity contribution is 0.0628. The van der Waals surface area contributed by atoms with E-state index in [9.17, 15) is 0 Å². The summed E-state index contributed by atoms with van der Waals surface area (Å²) < 4.78 is 0. The van der Waals surface area contributed by atoms with Crippen molar-refractivity contribution in [2.24, 2.45) is 29.6 Å². The zero-order valence-electron chi connectivity index (χ0n) is 17.7. The highest BCUT2D eigenvalue weighted by molar-refractivity contribution is 6.86. The molecule has 0 spiro atoms. The highest BCUT2D eigenvalue weighted by Gasteiger charge is 2.56. The van der Waals surface area contributed by atoms with E-state index >= 15 is 0 Å². The molecular weight excluding hydrogens is 342 g/mol. The Morgan fingerprint density at radius 1 is 1.00 bits per heavy atom. The molecule has 0 radical (unpaired) electrons. The van der Waals surface area contributed by atoms with Gasteiger partial charge in [0.2, 0.25) is 0 Å². The van der Waals surface area contributed by atoms with Gasteiger partial charge in [-0.25, -0.2) is 0 Å². The fraction of sp³-hybridized carbons (Fsp3) is 0.680. The number of rotatable bonds is 2. The molecule has 0 bridgehead atoms. The quantitative estimate of drug-likeness (QED) is 0.629. The highest BCUT2D eigenvalue weighted by Crippen LogP contribution is 2.61. The van der Waals surface area contributed by atoms with E-state index in [4.69, 9.17) is 0 Å². The van der Waals surface area contributed by atoms with Crippen LogP contribution in [0.5, 0.6) is 0 Å². The first-order valence-corrected chi connectivity index (χ1v) is 14.6. The molecule has 4 aliphatic rings. The molecule has 1 saturated heterocycles. The lowest BCUT2D eigenvalue weighted by Crippen LogP contribution is -2.52. The van der Waals surface area contributed by atoms with Gasteiger partial charge in [0.15, 0.2) is 0 Å². The smallest absolute Gasteiger partial charge is 0.0795 e. The summed E-state index contributed by atoms with van der Waals surface area (Å²) in [5.74, 6) is 4.74. The molecule has 2 saturated carbocycles. The average molecular weight is 380 g/mol. The minimum absolute atomic E-state index is 0.808. The van der Waals surface area contributed by atoms with Crippen LogP contribution < -0.4 is 5.32 Å². The van der Waals surface area contributed by atoms with Gasteiger partial charge >= 0.3 is 0 Å². The van der Waals surface area contributed by atoms with Crippen molar-refractivity contribution in [2.75, 3.05) is 6.54 Å². The van der Waals surface area contributed by atoms with Crippen molar-refractivity contribution >= 4 is 14.1 Å². The number of hydrogen-bond donors (Lipinski definition) is 1. The Kier molecular flexibility index (Phi) is 4.44. The predicted molar refractivity (Wildman–Crippen MR) is 118 cm³/mol. The molecular formula is C25H37NSi. The van der Waals surface area contributed by atoms with Gasteiger partial charge in [0.25, 0.3) is 0 Å². The zero-order valence-corrected chi connectivity index (χ0v) is 18.7. The Labute approximate surface area is 167 Å². The van der Waals surface area contributed by atoms with Crippen LogP contribution in [0.15, 0.2) is 29.5 Å². The molecule has 2 heteroatoms. The third-order valence-corrected chi connectivity index (χ3v) is 13.8. The molecule has 1 heterocycles. The van der Waals surface area contributed by atoms with Crippen LogP contribution in [0, 0.1) is 29.6 Å². The molecule has 1 nitrogen and oxygen atoms in total. The molecule has 3 fully saturated rings. The maximum absolute atomic E-state index is 3.94. The minimum atomic E-state index is -1.46. The Balaban J connectivity index is 1.44. The number of hydrogen-bond acceptors (Lipinski definition) is 1. The topological polar surface area (TPSA) is 12.0 Å². The van der Waals surface area contributed by atoms with Crippen molar-refractivity contribution in [3.05, 3.63) is 40.6 Å². The van der Waals surface area contributed by atoms with Gasteiger partial charge in [-0.1, -0.05) is 62.5 Å². The first-order chi connectivity index (χ1) is 13.0. The molecule has 1 aliphatic heterocycles. The number of piperidine rings is 1. The number of allylic oxidation sites excluding steroid dienone is 1. The second-order valence-electron chi connectivity index (χ2n) is 10.8. The molecule has 7 unspecified atom stereocenters. The van der Waals surface area contributed by atoms with Crippen LogP contribution in [0.3, 0.4) is 0 Å². The van der Waals surface area contributed by atoms with E-state index < -0.39 is 8.07 Å². The Morgan fingerprint density at radius 3 is 2.63 bits per heavy atom. The summed E-state index contributed by atoms with van der Waals surface area (Å²) in [5, 5.41) is 5.76. The van der Waals surface area contributed by atoms with Gasteiger partial charge < -0.3 is 5.32 Å². The van der Waals surface area contributed by atoms with E-state index in [-0.39, 0.29) is 0 Å². The summed E-state index contributed by atoms with van der Waals surface area (Å²) in [6.07, 6.45) is 9.66. The van der Waals surface area contributed by atoms with Crippen LogP contribution in [-0.2, 0) is 6.42 Å². The monoisotopic (exact) mass is 379 g/mol. The molecule has 0 amide bonds. The van der Waals surface area contributed by atoms with Crippen LogP contribution >= 0.6 is 0 Å². The second-order valence-corrected chi connectivity index (χ2v) is 15.5. The van der Waals surface area contributed by atoms with Crippen LogP contribution in [0.2, 0.25) is 18.6 Å². The molecule has 0 aromatic heterocycles. The van der Waals surface area contributed by atoms with E-state index in [0.29, 0.717) is 0 Å². The van der Waals surface area contributed by atoms with Crippen LogP contribution in [0.1, 0.15) is 50.7 Å². The normalized spacial score (nSPS) is 40.9. The van der Waals surface area contributed by atoms with E-state index in [1.54, 1.807) is 5.56 Å². The summed E-state index contributed by atoms with van der Waals surface area (Å²) in [4.78, 5) is 0. The maximum atomic E-state index is 3.94. The molecule has 5 rings (SSSR count). The Morgan fingerprint density at radius 2 is 1.81 bits per heavy atom. The average Bonchev–Trinajstić information content (AvgIpc) is 3.23. The molecule has 7 atom stereocenters. The van der Waals surface area contributed by atoms with Gasteiger partial charge in [0.05, 0.1) is 8.07 Å². The van der Waals surface area contributed by atoms with Crippen molar-refractivity contribution in [1.29, 1.82) is 0 Å². The van der Waals surface area contributed by atoms with Gasteiger partial charge in [0.1, 0.15) is 0 Å². The van der Waals surface area contributed by atoms with Crippen molar-refractivity contribution in [3.63, 3.8) is 0 Å². The van der Waals surface area contributed by atoms with E-state index in [1.165, 1.54) is 44.2 Å². The minimum Gasteiger partial charge on any atom is -0.314 e. The second kappa shape index (κ2) is 6.59. The Bertz CT molecular complexity index is 750. The van der Waals surface area contributed by atoms with Crippen molar-refractivity contribution in [2.45, 2.75) is 70.6 Å². The molecule has 146 valence electrons. The summed E-state index contributed by atoms with van der Waals surface area (Å²) in [6.45, 7) is 11.9. The molecule has 3 aliphatic carbocycles. The van der Waals surface area contributed by atoms with Crippen LogP contribution in [-0.4, -0.2) is 20.7 Å². The first kappa shape index (κ1) is 18.2. The molecule has 27 heavy (non-hydrogen) atoms. The third kappa shape index (κ3) is 2.82. The van der Waals surface area contributed by atoms with Gasteiger partial charge in [-0.2, -0.15) is 0 Å². The lowest BCUT2D eigenvalue weighted by Gasteiger charge is -2.49. The number of nitrogens with one attached hydrogen (secondary N) is 1. The third-order valence-electron chi connectivity index (χ3n) is 9.21. The zero-order chi connectivity index (χ0) is 18.8. The maximum Gasteiger partial charge on any atom is 0.0795 e. The summed E-state index contributed by atoms with van der Waals surface area (Å²) in [5.41, 5.74) is 4.04. The largest absolute Gasteiger partial charge is 0.314 e. The highest BCUT2D eigenvalue weighted by atomic mass is 28.3. The number of fused-ring (bicyclic) bond motifs is 3. The SMILES string of the molecule is CC1CC2C(C)C3CCCNC3CC2C1[Si](C)(C)C1=Cc2ccccc2C1. The van der Waals surface area contributed by atoms with Crippen LogP contribution in [0.25, 0.3) is 6.08 Å². The number of benzene rings is 1. The van der Waals surface area contributed by atoms with Gasteiger partial charge in [-0.05, 0) is 84.9 Å². The fourth-order valence-corrected chi connectivity index (χ4v) is 12.6. The fourth-order valence-electron chi connectivity index (χ4n) is 8.00. The van der Waals surface area contributed by atoms with E-state index in [0.717, 1.165) is 41.2 Å². The summed E-state index contributed by atoms with van der Waals surface area (Å²) in [6, 6.07) is 9.91. The van der Waals surface area contributed by atoms with Crippen molar-refractivity contribution < 1.29 is 0 Å². The molecule has 1 aromatic carbocycles. The summed E-state index contributed by atoms with van der Waals surface area (Å²) >= 11 is 0.